The van der Waals surface area contributed by atoms with Gasteiger partial charge in [-0.3, -0.25) is 0 Å². The number of hydrogen-bond acceptors (Lipinski definition) is 5. The molecule has 0 aliphatic carbocycles. The van der Waals surface area contributed by atoms with Gasteiger partial charge in [0.15, 0.2) is 0 Å². The number of nitrogens with two attached hydrogens (primary N) is 1. The van der Waals surface area contributed by atoms with E-state index in [1.807, 2.05) is 34.6 Å². The van der Waals surface area contributed by atoms with Crippen LogP contribution in [0, 0.1) is 11.8 Å². The Bertz CT molecular complexity index is 430. The number of aliphatic imine (C=N–C) groups is 1. The molecule has 2 N–H and O–H groups in total. The zero-order chi connectivity index (χ0) is 16.9. The van der Waals surface area contributed by atoms with Crippen molar-refractivity contribution >= 4 is 12.0 Å². The lowest BCUT2D eigenvalue weighted by Crippen LogP contribution is -2.43. The number of ether oxygens (including phenoxy) is 1. The first-order chi connectivity index (χ1) is 10.1. The largest absolute Gasteiger partial charge is 0.444 e. The summed E-state index contributed by atoms with van der Waals surface area (Å²) in [6.45, 7) is 14.8. The quantitative estimate of drug-likeness (QED) is 0.493. The van der Waals surface area contributed by atoms with Crippen molar-refractivity contribution in [2.45, 2.75) is 53.1 Å². The monoisotopic (exact) mass is 311 g/mol. The third kappa shape index (κ3) is 5.67. The van der Waals surface area contributed by atoms with Crippen LogP contribution in [-0.4, -0.2) is 35.6 Å². The van der Waals surface area contributed by atoms with Gasteiger partial charge in [-0.25, -0.2) is 9.79 Å². The summed E-state index contributed by atoms with van der Waals surface area (Å²) in [5.74, 6) is 6.21. The summed E-state index contributed by atoms with van der Waals surface area (Å²) < 4.78 is 5.38. The van der Waals surface area contributed by atoms with Crippen molar-refractivity contribution < 1.29 is 14.4 Å². The highest BCUT2D eigenvalue weighted by Gasteiger charge is 2.29. The molecule has 6 nitrogen and oxygen atoms in total. The first-order valence-electron chi connectivity index (χ1n) is 7.76. The average Bonchev–Trinajstić information content (AvgIpc) is 2.42. The molecule has 0 spiro atoms. The SMILES string of the molecule is C=C(/N=C(\ON)C1CCN(C(=O)OC(C)(C)C)CC1)C(C)C. The maximum Gasteiger partial charge on any atom is 0.410 e. The molecule has 126 valence electrons. The van der Waals surface area contributed by atoms with Crippen LogP contribution in [0.3, 0.4) is 0 Å². The van der Waals surface area contributed by atoms with E-state index in [1.54, 1.807) is 4.90 Å². The number of hydrogen-bond donors (Lipinski definition) is 1. The number of nitrogens with zero attached hydrogens (tertiary/aromatic N) is 2. The van der Waals surface area contributed by atoms with Gasteiger partial charge in [0.1, 0.15) is 5.60 Å². The van der Waals surface area contributed by atoms with Crippen LogP contribution in [0.1, 0.15) is 47.5 Å². The molecular weight excluding hydrogens is 282 g/mol. The Balaban J connectivity index is 2.60. The fourth-order valence-corrected chi connectivity index (χ4v) is 2.12. The van der Waals surface area contributed by atoms with Crippen LogP contribution >= 0.6 is 0 Å². The maximum absolute atomic E-state index is 12.0. The number of rotatable bonds is 3. The minimum Gasteiger partial charge on any atom is -0.444 e. The van der Waals surface area contributed by atoms with E-state index in [2.05, 4.69) is 11.6 Å². The van der Waals surface area contributed by atoms with Crippen molar-refractivity contribution in [2.24, 2.45) is 22.7 Å². The molecule has 0 aromatic heterocycles. The predicted molar refractivity (Wildman–Crippen MR) is 87.2 cm³/mol. The second-order valence-corrected chi connectivity index (χ2v) is 6.96. The molecule has 1 aliphatic rings. The van der Waals surface area contributed by atoms with E-state index in [-0.39, 0.29) is 17.9 Å². The van der Waals surface area contributed by atoms with Crippen LogP contribution in [0.15, 0.2) is 17.3 Å². The van der Waals surface area contributed by atoms with Crippen molar-refractivity contribution in [1.29, 1.82) is 0 Å². The molecule has 0 saturated carbocycles. The van der Waals surface area contributed by atoms with Gasteiger partial charge in [-0.05, 0) is 39.5 Å². The van der Waals surface area contributed by atoms with Crippen LogP contribution in [0.2, 0.25) is 0 Å². The molecule has 6 heteroatoms. The minimum atomic E-state index is -0.476. The molecule has 0 radical (unpaired) electrons. The number of carbonyl (C=O) groups is 1. The Morgan fingerprint density at radius 1 is 1.32 bits per heavy atom. The molecule has 0 unspecified atom stereocenters. The van der Waals surface area contributed by atoms with Crippen molar-refractivity contribution in [1.82, 2.24) is 4.90 Å². The lowest BCUT2D eigenvalue weighted by atomic mass is 9.96. The summed E-state index contributed by atoms with van der Waals surface area (Å²) in [4.78, 5) is 23.1. The third-order valence-corrected chi connectivity index (χ3v) is 3.54. The van der Waals surface area contributed by atoms with Gasteiger partial charge < -0.3 is 14.5 Å². The molecule has 1 amide bonds. The molecule has 0 atom stereocenters. The Kier molecular flexibility index (Phi) is 6.41. The summed E-state index contributed by atoms with van der Waals surface area (Å²) in [5, 5.41) is 0. The lowest BCUT2D eigenvalue weighted by molar-refractivity contribution is 0.0195. The number of carbonyl (C=O) groups excluding carboxylic acids is 1. The van der Waals surface area contributed by atoms with Gasteiger partial charge in [-0.15, -0.1) is 0 Å². The van der Waals surface area contributed by atoms with Crippen LogP contribution in [-0.2, 0) is 9.57 Å². The van der Waals surface area contributed by atoms with E-state index >= 15 is 0 Å². The smallest absolute Gasteiger partial charge is 0.410 e. The lowest BCUT2D eigenvalue weighted by Gasteiger charge is -2.33. The zero-order valence-electron chi connectivity index (χ0n) is 14.4. The summed E-state index contributed by atoms with van der Waals surface area (Å²) in [6, 6.07) is 0. The van der Waals surface area contributed by atoms with E-state index in [9.17, 15) is 4.79 Å². The number of piperidine rings is 1. The van der Waals surface area contributed by atoms with Crippen molar-refractivity contribution in [3.8, 4) is 0 Å². The molecule has 1 aliphatic heterocycles. The van der Waals surface area contributed by atoms with Crippen molar-refractivity contribution in [3.05, 3.63) is 12.3 Å². The van der Waals surface area contributed by atoms with E-state index in [4.69, 9.17) is 15.5 Å². The topological polar surface area (TPSA) is 77.2 Å². The molecule has 0 aromatic carbocycles. The third-order valence-electron chi connectivity index (χ3n) is 3.54. The Morgan fingerprint density at radius 3 is 2.27 bits per heavy atom. The first-order valence-corrected chi connectivity index (χ1v) is 7.76. The van der Waals surface area contributed by atoms with Gasteiger partial charge in [0.2, 0.25) is 5.90 Å². The van der Waals surface area contributed by atoms with E-state index < -0.39 is 5.60 Å². The molecule has 1 rings (SSSR count). The maximum atomic E-state index is 12.0. The standard InChI is InChI=1S/C16H29N3O3/c1-11(2)12(3)18-14(22-17)13-7-9-19(10-8-13)15(20)21-16(4,5)6/h11,13H,3,7-10,17H2,1-2,4-6H3/b18-14-. The Morgan fingerprint density at radius 2 is 1.86 bits per heavy atom. The van der Waals surface area contributed by atoms with E-state index in [1.165, 1.54) is 0 Å². The summed E-state index contributed by atoms with van der Waals surface area (Å²) >= 11 is 0. The zero-order valence-corrected chi connectivity index (χ0v) is 14.4. The molecule has 1 saturated heterocycles. The molecule has 1 heterocycles. The van der Waals surface area contributed by atoms with Crippen LogP contribution in [0.5, 0.6) is 0 Å². The van der Waals surface area contributed by atoms with Crippen LogP contribution in [0.4, 0.5) is 4.79 Å². The molecule has 0 bridgehead atoms. The number of allylic oxidation sites excluding steroid dienone is 1. The molecule has 22 heavy (non-hydrogen) atoms. The van der Waals surface area contributed by atoms with Crippen molar-refractivity contribution in [3.63, 3.8) is 0 Å². The van der Waals surface area contributed by atoms with Gasteiger partial charge in [0.05, 0.1) is 0 Å². The Hall–Kier alpha value is -1.56. The minimum absolute atomic E-state index is 0.110. The normalized spacial score (nSPS) is 17.6. The Labute approximate surface area is 133 Å². The second kappa shape index (κ2) is 7.63. The highest BCUT2D eigenvalue weighted by atomic mass is 16.6. The summed E-state index contributed by atoms with van der Waals surface area (Å²) in [6.07, 6.45) is 1.23. The van der Waals surface area contributed by atoms with Gasteiger partial charge >= 0.3 is 6.09 Å². The van der Waals surface area contributed by atoms with Crippen LogP contribution in [0.25, 0.3) is 0 Å². The van der Waals surface area contributed by atoms with Gasteiger partial charge in [-0.2, -0.15) is 5.90 Å². The van der Waals surface area contributed by atoms with E-state index in [0.29, 0.717) is 19.0 Å². The van der Waals surface area contributed by atoms with Gasteiger partial charge in [-0.1, -0.05) is 20.4 Å². The highest BCUT2D eigenvalue weighted by Crippen LogP contribution is 2.22. The molecule has 1 fully saturated rings. The van der Waals surface area contributed by atoms with Gasteiger partial charge in [0.25, 0.3) is 0 Å². The fourth-order valence-electron chi connectivity index (χ4n) is 2.12. The average molecular weight is 311 g/mol. The van der Waals surface area contributed by atoms with Gasteiger partial charge in [0, 0.05) is 24.7 Å². The van der Waals surface area contributed by atoms with Crippen LogP contribution < -0.4 is 5.90 Å². The van der Waals surface area contributed by atoms with E-state index in [0.717, 1.165) is 18.5 Å². The predicted octanol–water partition coefficient (Wildman–Crippen LogP) is 3.09. The summed E-state index contributed by atoms with van der Waals surface area (Å²) in [5.41, 5.74) is 0.269. The fraction of sp³-hybridized carbons (Fsp3) is 0.750. The van der Waals surface area contributed by atoms with Crippen molar-refractivity contribution in [2.75, 3.05) is 13.1 Å². The number of amides is 1. The second-order valence-electron chi connectivity index (χ2n) is 6.96. The first kappa shape index (κ1) is 18.5. The molecular formula is C16H29N3O3. The highest BCUT2D eigenvalue weighted by molar-refractivity contribution is 5.80. The summed E-state index contributed by atoms with van der Waals surface area (Å²) in [7, 11) is 0. The molecule has 0 aromatic rings. The number of likely N-dealkylation sites (tertiary alicyclic amines) is 1.